The Balaban J connectivity index is 1.68. The molecule has 3 rings (SSSR count). The average Bonchev–Trinajstić information content (AvgIpc) is 3.12. The molecule has 0 spiro atoms. The summed E-state index contributed by atoms with van der Waals surface area (Å²) in [5.41, 5.74) is 1.31. The molecule has 20 heavy (non-hydrogen) atoms. The maximum absolute atomic E-state index is 4.93. The lowest BCUT2D eigenvalue weighted by Crippen LogP contribution is -2.31. The van der Waals surface area contributed by atoms with Crippen molar-refractivity contribution < 1.29 is 0 Å². The Morgan fingerprint density at radius 2 is 2.25 bits per heavy atom. The monoisotopic (exact) mass is 293 g/mol. The molecule has 1 aliphatic heterocycles. The van der Waals surface area contributed by atoms with Crippen molar-refractivity contribution in [3.8, 4) is 0 Å². The first-order valence-corrected chi connectivity index (χ1v) is 8.95. The number of aryl methyl sites for hydroxylation is 1. The van der Waals surface area contributed by atoms with Crippen LogP contribution in [0.4, 0.5) is 5.13 Å². The van der Waals surface area contributed by atoms with Gasteiger partial charge < -0.3 is 10.2 Å². The van der Waals surface area contributed by atoms with Gasteiger partial charge in [0.2, 0.25) is 0 Å². The first kappa shape index (κ1) is 14.3. The largest absolute Gasteiger partial charge is 0.345 e. The Morgan fingerprint density at radius 3 is 2.85 bits per heavy atom. The number of piperidine rings is 1. The van der Waals surface area contributed by atoms with Gasteiger partial charge in [-0.1, -0.05) is 20.8 Å². The minimum absolute atomic E-state index is 0.710. The molecule has 0 radical (unpaired) electrons. The van der Waals surface area contributed by atoms with Crippen molar-refractivity contribution in [2.24, 2.45) is 11.8 Å². The summed E-state index contributed by atoms with van der Waals surface area (Å²) in [7, 11) is 0. The first-order valence-electron chi connectivity index (χ1n) is 8.13. The number of rotatable bonds is 6. The minimum atomic E-state index is 0.710. The predicted molar refractivity (Wildman–Crippen MR) is 86.5 cm³/mol. The minimum Gasteiger partial charge on any atom is -0.345 e. The van der Waals surface area contributed by atoms with Gasteiger partial charge in [-0.05, 0) is 44.1 Å². The molecule has 4 heteroatoms. The van der Waals surface area contributed by atoms with Crippen molar-refractivity contribution in [3.63, 3.8) is 0 Å². The molecule has 1 saturated carbocycles. The van der Waals surface area contributed by atoms with E-state index < -0.39 is 0 Å². The summed E-state index contributed by atoms with van der Waals surface area (Å²) in [4.78, 5) is 8.97. The molecule has 1 aromatic heterocycles. The first-order chi connectivity index (χ1) is 9.67. The molecular weight excluding hydrogens is 266 g/mol. The third-order valence-electron chi connectivity index (χ3n) is 4.59. The molecule has 2 aliphatic rings. The fraction of sp³-hybridized carbons (Fsp3) is 0.812. The lowest BCUT2D eigenvalue weighted by Gasteiger charge is -2.26. The van der Waals surface area contributed by atoms with Gasteiger partial charge in [0.15, 0.2) is 5.13 Å². The van der Waals surface area contributed by atoms with Gasteiger partial charge in [0.1, 0.15) is 0 Å². The van der Waals surface area contributed by atoms with Gasteiger partial charge in [0.25, 0.3) is 0 Å². The highest BCUT2D eigenvalue weighted by Crippen LogP contribution is 2.42. The number of nitrogens with one attached hydrogen (secondary N) is 1. The molecule has 3 nitrogen and oxygen atoms in total. The highest BCUT2D eigenvalue weighted by molar-refractivity contribution is 7.15. The molecule has 1 aliphatic carbocycles. The third-order valence-corrected chi connectivity index (χ3v) is 5.73. The quantitative estimate of drug-likeness (QED) is 0.871. The van der Waals surface area contributed by atoms with Crippen LogP contribution in [0, 0.1) is 11.8 Å². The van der Waals surface area contributed by atoms with Crippen LogP contribution in [0.1, 0.15) is 50.6 Å². The smallest absolute Gasteiger partial charge is 0.186 e. The molecular formula is C16H27N3S. The van der Waals surface area contributed by atoms with Crippen molar-refractivity contribution in [2.75, 3.05) is 18.0 Å². The number of aromatic nitrogens is 1. The van der Waals surface area contributed by atoms with Crippen LogP contribution >= 0.6 is 11.3 Å². The zero-order chi connectivity index (χ0) is 14.1. The van der Waals surface area contributed by atoms with E-state index in [-0.39, 0.29) is 0 Å². The molecule has 0 aromatic carbocycles. The second-order valence-corrected chi connectivity index (χ2v) is 7.79. The Kier molecular flexibility index (Phi) is 4.32. The predicted octanol–water partition coefficient (Wildman–Crippen LogP) is 3.44. The molecule has 1 N–H and O–H groups in total. The van der Waals surface area contributed by atoms with E-state index in [2.05, 4.69) is 31.0 Å². The summed E-state index contributed by atoms with van der Waals surface area (Å²) < 4.78 is 0. The van der Waals surface area contributed by atoms with Crippen LogP contribution in [0.15, 0.2) is 0 Å². The number of thiazole rings is 1. The summed E-state index contributed by atoms with van der Waals surface area (Å²) in [6.45, 7) is 10.1. The fourth-order valence-corrected chi connectivity index (χ4v) is 4.74. The van der Waals surface area contributed by atoms with Gasteiger partial charge in [-0.3, -0.25) is 0 Å². The van der Waals surface area contributed by atoms with Crippen molar-refractivity contribution in [3.05, 3.63) is 10.6 Å². The molecule has 2 atom stereocenters. The molecule has 0 amide bonds. The summed E-state index contributed by atoms with van der Waals surface area (Å²) in [5.74, 6) is 1.65. The topological polar surface area (TPSA) is 28.2 Å². The number of fused-ring (bicyclic) bond motifs is 2. The van der Waals surface area contributed by atoms with E-state index in [1.165, 1.54) is 41.5 Å². The molecule has 1 saturated heterocycles. The zero-order valence-corrected chi connectivity index (χ0v) is 13.8. The maximum atomic E-state index is 4.93. The van der Waals surface area contributed by atoms with Gasteiger partial charge in [-0.15, -0.1) is 11.3 Å². The van der Waals surface area contributed by atoms with Crippen LogP contribution in [0.3, 0.4) is 0 Å². The molecule has 2 heterocycles. The lowest BCUT2D eigenvalue weighted by molar-refractivity contribution is 0.552. The van der Waals surface area contributed by atoms with Crippen molar-refractivity contribution in [1.82, 2.24) is 10.3 Å². The zero-order valence-electron chi connectivity index (χ0n) is 13.0. The van der Waals surface area contributed by atoms with Crippen molar-refractivity contribution in [2.45, 2.75) is 59.0 Å². The number of anilines is 1. The maximum Gasteiger partial charge on any atom is 0.186 e. The second-order valence-electron chi connectivity index (χ2n) is 6.73. The van der Waals surface area contributed by atoms with E-state index in [1.54, 1.807) is 0 Å². The van der Waals surface area contributed by atoms with Crippen LogP contribution < -0.4 is 10.2 Å². The number of hydrogen-bond acceptors (Lipinski definition) is 4. The van der Waals surface area contributed by atoms with E-state index in [0.717, 1.165) is 31.5 Å². The summed E-state index contributed by atoms with van der Waals surface area (Å²) in [5, 5.41) is 4.85. The SMILES string of the molecule is CCc1nc(N2CC3CCC2C3)sc1CNCC(C)C. The normalized spacial score (nSPS) is 25.1. The second kappa shape index (κ2) is 6.02. The standard InChI is InChI=1S/C16H27N3S/c1-4-14-15(9-17-8-11(2)3)20-16(18-14)19-10-12-5-6-13(19)7-12/h11-13,17H,4-10H2,1-3H3. The van der Waals surface area contributed by atoms with Crippen molar-refractivity contribution in [1.29, 1.82) is 0 Å². The van der Waals surface area contributed by atoms with E-state index in [9.17, 15) is 0 Å². The molecule has 2 bridgehead atoms. The van der Waals surface area contributed by atoms with Gasteiger partial charge in [0.05, 0.1) is 5.69 Å². The Morgan fingerprint density at radius 1 is 1.40 bits per heavy atom. The number of hydrogen-bond donors (Lipinski definition) is 1. The summed E-state index contributed by atoms with van der Waals surface area (Å²) in [6, 6.07) is 0.785. The molecule has 112 valence electrons. The van der Waals surface area contributed by atoms with E-state index in [4.69, 9.17) is 4.98 Å². The van der Waals surface area contributed by atoms with Gasteiger partial charge in [-0.2, -0.15) is 0 Å². The average molecular weight is 293 g/mol. The van der Waals surface area contributed by atoms with E-state index in [1.807, 2.05) is 11.3 Å². The van der Waals surface area contributed by atoms with E-state index in [0.29, 0.717) is 5.92 Å². The number of nitrogens with zero attached hydrogens (tertiary/aromatic N) is 2. The van der Waals surface area contributed by atoms with Crippen LogP contribution in [-0.2, 0) is 13.0 Å². The van der Waals surface area contributed by atoms with Gasteiger partial charge in [-0.25, -0.2) is 4.98 Å². The third kappa shape index (κ3) is 2.86. The highest BCUT2D eigenvalue weighted by atomic mass is 32.1. The Bertz CT molecular complexity index is 455. The lowest BCUT2D eigenvalue weighted by atomic mass is 10.1. The van der Waals surface area contributed by atoms with Crippen LogP contribution in [-0.4, -0.2) is 24.1 Å². The van der Waals surface area contributed by atoms with Crippen LogP contribution in [0.25, 0.3) is 0 Å². The van der Waals surface area contributed by atoms with Crippen LogP contribution in [0.5, 0.6) is 0 Å². The highest BCUT2D eigenvalue weighted by Gasteiger charge is 2.39. The van der Waals surface area contributed by atoms with Gasteiger partial charge >= 0.3 is 0 Å². The molecule has 2 unspecified atom stereocenters. The van der Waals surface area contributed by atoms with Crippen LogP contribution in [0.2, 0.25) is 0 Å². The Hall–Kier alpha value is -0.610. The summed E-state index contributed by atoms with van der Waals surface area (Å²) in [6.07, 6.45) is 5.28. The van der Waals surface area contributed by atoms with E-state index >= 15 is 0 Å². The molecule has 2 fully saturated rings. The molecule has 1 aromatic rings. The van der Waals surface area contributed by atoms with Crippen molar-refractivity contribution >= 4 is 16.5 Å². The summed E-state index contributed by atoms with van der Waals surface area (Å²) >= 11 is 1.93. The van der Waals surface area contributed by atoms with Gasteiger partial charge in [0, 0.05) is 24.0 Å². The Labute approximate surface area is 126 Å². The fourth-order valence-electron chi connectivity index (χ4n) is 3.54.